The Bertz CT molecular complexity index is 952. The number of halogens is 1. The average molecular weight is 382 g/mol. The SMILES string of the molecule is O=C(CNC(=O)c1ccc(Cl)cc1)N/N=C\c1cn[nH]c1-c1ccccc1. The molecule has 0 radical (unpaired) electrons. The van der Waals surface area contributed by atoms with Crippen molar-refractivity contribution in [1.82, 2.24) is 20.9 Å². The maximum Gasteiger partial charge on any atom is 0.259 e. The molecule has 0 aliphatic heterocycles. The molecule has 27 heavy (non-hydrogen) atoms. The van der Waals surface area contributed by atoms with Crippen molar-refractivity contribution < 1.29 is 9.59 Å². The van der Waals surface area contributed by atoms with Gasteiger partial charge in [-0.2, -0.15) is 10.2 Å². The summed E-state index contributed by atoms with van der Waals surface area (Å²) in [5.41, 5.74) is 5.27. The Kier molecular flexibility index (Phi) is 5.96. The van der Waals surface area contributed by atoms with Crippen LogP contribution in [0, 0.1) is 0 Å². The summed E-state index contributed by atoms with van der Waals surface area (Å²) in [5.74, 6) is -0.815. The van der Waals surface area contributed by atoms with Crippen LogP contribution in [-0.2, 0) is 4.79 Å². The predicted octanol–water partition coefficient (Wildman–Crippen LogP) is 2.61. The molecule has 0 unspecified atom stereocenters. The lowest BCUT2D eigenvalue weighted by Gasteiger charge is -2.04. The zero-order valence-corrected chi connectivity index (χ0v) is 14.9. The van der Waals surface area contributed by atoms with Crippen molar-refractivity contribution in [2.45, 2.75) is 0 Å². The van der Waals surface area contributed by atoms with E-state index in [1.54, 1.807) is 30.5 Å². The maximum absolute atomic E-state index is 11.9. The molecule has 3 rings (SSSR count). The first-order chi connectivity index (χ1) is 13.1. The van der Waals surface area contributed by atoms with Gasteiger partial charge < -0.3 is 5.32 Å². The zero-order chi connectivity index (χ0) is 19.1. The van der Waals surface area contributed by atoms with Crippen molar-refractivity contribution in [3.05, 3.63) is 76.9 Å². The minimum Gasteiger partial charge on any atom is -0.343 e. The van der Waals surface area contributed by atoms with Crippen LogP contribution in [0.3, 0.4) is 0 Å². The fourth-order valence-corrected chi connectivity index (χ4v) is 2.43. The van der Waals surface area contributed by atoms with Crippen LogP contribution in [0.4, 0.5) is 0 Å². The highest BCUT2D eigenvalue weighted by Crippen LogP contribution is 2.18. The van der Waals surface area contributed by atoms with Crippen molar-refractivity contribution in [1.29, 1.82) is 0 Å². The average Bonchev–Trinajstić information content (AvgIpc) is 3.16. The van der Waals surface area contributed by atoms with E-state index in [0.717, 1.165) is 16.8 Å². The number of amides is 2. The van der Waals surface area contributed by atoms with E-state index in [-0.39, 0.29) is 12.5 Å². The first kappa shape index (κ1) is 18.3. The maximum atomic E-state index is 11.9. The lowest BCUT2D eigenvalue weighted by atomic mass is 10.1. The van der Waals surface area contributed by atoms with E-state index in [1.165, 1.54) is 6.21 Å². The van der Waals surface area contributed by atoms with E-state index in [0.29, 0.717) is 10.6 Å². The van der Waals surface area contributed by atoms with Gasteiger partial charge in [-0.15, -0.1) is 0 Å². The standard InChI is InChI=1S/C19H16ClN5O2/c20-16-8-6-14(7-9-16)19(27)21-12-17(26)24-22-10-15-11-23-25-18(15)13-4-2-1-3-5-13/h1-11H,12H2,(H,21,27)(H,23,25)(H,24,26)/b22-10-. The quantitative estimate of drug-likeness (QED) is 0.452. The Labute approximate surface area is 160 Å². The molecule has 1 aromatic heterocycles. The minimum atomic E-state index is -0.446. The Hall–Kier alpha value is -3.45. The van der Waals surface area contributed by atoms with E-state index in [4.69, 9.17) is 11.6 Å². The van der Waals surface area contributed by atoms with E-state index >= 15 is 0 Å². The monoisotopic (exact) mass is 381 g/mol. The molecule has 3 aromatic rings. The van der Waals surface area contributed by atoms with Gasteiger partial charge in [0.2, 0.25) is 0 Å². The number of hydrogen-bond donors (Lipinski definition) is 3. The molecule has 0 bridgehead atoms. The second-order valence-electron chi connectivity index (χ2n) is 5.55. The van der Waals surface area contributed by atoms with Crippen molar-refractivity contribution in [3.63, 3.8) is 0 Å². The third-order valence-electron chi connectivity index (χ3n) is 3.64. The molecule has 0 spiro atoms. The van der Waals surface area contributed by atoms with Gasteiger partial charge in [-0.1, -0.05) is 41.9 Å². The molecule has 0 atom stereocenters. The Balaban J connectivity index is 1.52. The number of nitrogens with zero attached hydrogens (tertiary/aromatic N) is 2. The molecular weight excluding hydrogens is 366 g/mol. The third-order valence-corrected chi connectivity index (χ3v) is 3.89. The van der Waals surface area contributed by atoms with E-state index < -0.39 is 5.91 Å². The zero-order valence-electron chi connectivity index (χ0n) is 14.1. The molecule has 0 saturated carbocycles. The summed E-state index contributed by atoms with van der Waals surface area (Å²) >= 11 is 5.78. The second kappa shape index (κ2) is 8.77. The lowest BCUT2D eigenvalue weighted by Crippen LogP contribution is -2.34. The van der Waals surface area contributed by atoms with Crippen molar-refractivity contribution in [2.24, 2.45) is 5.10 Å². The fourth-order valence-electron chi connectivity index (χ4n) is 2.31. The first-order valence-corrected chi connectivity index (χ1v) is 8.46. The van der Waals surface area contributed by atoms with Gasteiger partial charge in [-0.25, -0.2) is 5.43 Å². The Morgan fingerprint density at radius 3 is 2.59 bits per heavy atom. The molecule has 136 valence electrons. The summed E-state index contributed by atoms with van der Waals surface area (Å²) < 4.78 is 0. The van der Waals surface area contributed by atoms with Crippen LogP contribution >= 0.6 is 11.6 Å². The normalized spacial score (nSPS) is 10.7. The van der Waals surface area contributed by atoms with Crippen LogP contribution in [0.5, 0.6) is 0 Å². The van der Waals surface area contributed by atoms with Crippen LogP contribution in [0.1, 0.15) is 15.9 Å². The molecule has 0 fully saturated rings. The highest BCUT2D eigenvalue weighted by Gasteiger charge is 2.08. The number of rotatable bonds is 6. The molecule has 0 aliphatic carbocycles. The number of carbonyl (C=O) groups excluding carboxylic acids is 2. The molecule has 1 heterocycles. The highest BCUT2D eigenvalue weighted by molar-refractivity contribution is 6.30. The van der Waals surface area contributed by atoms with Gasteiger partial charge in [0, 0.05) is 21.7 Å². The van der Waals surface area contributed by atoms with E-state index in [1.807, 2.05) is 30.3 Å². The second-order valence-corrected chi connectivity index (χ2v) is 5.99. The molecule has 2 amide bonds. The minimum absolute atomic E-state index is 0.199. The number of benzene rings is 2. The number of hydrazone groups is 1. The number of hydrogen-bond acceptors (Lipinski definition) is 4. The molecule has 2 aromatic carbocycles. The van der Waals surface area contributed by atoms with Gasteiger partial charge in [0.15, 0.2) is 0 Å². The highest BCUT2D eigenvalue weighted by atomic mass is 35.5. The number of carbonyl (C=O) groups is 2. The number of nitrogens with one attached hydrogen (secondary N) is 3. The topological polar surface area (TPSA) is 99.2 Å². The molecule has 8 heteroatoms. The van der Waals surface area contributed by atoms with Gasteiger partial charge in [0.05, 0.1) is 24.7 Å². The van der Waals surface area contributed by atoms with Crippen molar-refractivity contribution in [3.8, 4) is 11.3 Å². The van der Waals surface area contributed by atoms with Gasteiger partial charge in [-0.05, 0) is 24.3 Å². The van der Waals surface area contributed by atoms with Gasteiger partial charge in [0.1, 0.15) is 0 Å². The summed E-state index contributed by atoms with van der Waals surface area (Å²) in [6.45, 7) is -0.199. The fraction of sp³-hybridized carbons (Fsp3) is 0.0526. The number of aromatic nitrogens is 2. The van der Waals surface area contributed by atoms with Gasteiger partial charge in [-0.3, -0.25) is 14.7 Å². The smallest absolute Gasteiger partial charge is 0.259 e. The summed E-state index contributed by atoms with van der Waals surface area (Å²) in [7, 11) is 0. The van der Waals surface area contributed by atoms with Crippen LogP contribution in [0.15, 0.2) is 65.9 Å². The van der Waals surface area contributed by atoms with Crippen LogP contribution < -0.4 is 10.7 Å². The summed E-state index contributed by atoms with van der Waals surface area (Å²) in [4.78, 5) is 23.8. The Morgan fingerprint density at radius 1 is 1.11 bits per heavy atom. The molecule has 0 aliphatic rings. The summed E-state index contributed by atoms with van der Waals surface area (Å²) in [6.07, 6.45) is 3.10. The van der Waals surface area contributed by atoms with Crippen molar-refractivity contribution >= 4 is 29.6 Å². The van der Waals surface area contributed by atoms with Crippen molar-refractivity contribution in [2.75, 3.05) is 6.54 Å². The molecule has 0 saturated heterocycles. The van der Waals surface area contributed by atoms with Crippen LogP contribution in [0.2, 0.25) is 5.02 Å². The molecule has 7 nitrogen and oxygen atoms in total. The van der Waals surface area contributed by atoms with Crippen LogP contribution in [-0.4, -0.2) is 34.8 Å². The molecule has 3 N–H and O–H groups in total. The van der Waals surface area contributed by atoms with Crippen LogP contribution in [0.25, 0.3) is 11.3 Å². The van der Waals surface area contributed by atoms with E-state index in [9.17, 15) is 9.59 Å². The summed E-state index contributed by atoms with van der Waals surface area (Å²) in [5, 5.41) is 13.9. The van der Waals surface area contributed by atoms with Gasteiger partial charge >= 0.3 is 0 Å². The lowest BCUT2D eigenvalue weighted by molar-refractivity contribution is -0.120. The first-order valence-electron chi connectivity index (χ1n) is 8.08. The summed E-state index contributed by atoms with van der Waals surface area (Å²) in [6, 6.07) is 16.0. The largest absolute Gasteiger partial charge is 0.343 e. The predicted molar refractivity (Wildman–Crippen MR) is 104 cm³/mol. The number of H-pyrrole nitrogens is 1. The Morgan fingerprint density at radius 2 is 1.85 bits per heavy atom. The van der Waals surface area contributed by atoms with Gasteiger partial charge in [0.25, 0.3) is 11.8 Å². The third kappa shape index (κ3) is 5.02. The van der Waals surface area contributed by atoms with E-state index in [2.05, 4.69) is 26.0 Å². The number of aromatic amines is 1. The molecular formula is C19H16ClN5O2.